The number of hydrogen-bond donors (Lipinski definition) is 1. The molecular formula is C11H17ClO. The van der Waals surface area contributed by atoms with Crippen molar-refractivity contribution in [3.8, 4) is 0 Å². The second-order valence-electron chi connectivity index (χ2n) is 3.23. The maximum Gasteiger partial charge on any atom is 0.130 e. The summed E-state index contributed by atoms with van der Waals surface area (Å²) in [5, 5.41) is 9.94. The van der Waals surface area contributed by atoms with Gasteiger partial charge in [0.15, 0.2) is 0 Å². The van der Waals surface area contributed by atoms with Crippen LogP contribution in [0.15, 0.2) is 35.1 Å². The SMILES string of the molecule is C=C(/C=C\C(O)=C(\Cl)C(C)C)CC. The van der Waals surface area contributed by atoms with Crippen molar-refractivity contribution in [3.05, 3.63) is 35.1 Å². The zero-order chi connectivity index (χ0) is 10.4. The van der Waals surface area contributed by atoms with Crippen LogP contribution in [-0.4, -0.2) is 5.11 Å². The summed E-state index contributed by atoms with van der Waals surface area (Å²) in [5.74, 6) is 0.285. The van der Waals surface area contributed by atoms with Crippen molar-refractivity contribution in [1.82, 2.24) is 0 Å². The molecule has 13 heavy (non-hydrogen) atoms. The van der Waals surface area contributed by atoms with E-state index in [1.165, 1.54) is 0 Å². The van der Waals surface area contributed by atoms with Crippen LogP contribution in [0.4, 0.5) is 0 Å². The summed E-state index contributed by atoms with van der Waals surface area (Å²) >= 11 is 5.84. The number of allylic oxidation sites excluding steroid dienone is 4. The quantitative estimate of drug-likeness (QED) is 0.534. The summed E-state index contributed by atoms with van der Waals surface area (Å²) in [7, 11) is 0. The third-order valence-electron chi connectivity index (χ3n) is 1.68. The van der Waals surface area contributed by atoms with Gasteiger partial charge in [0.25, 0.3) is 0 Å². The van der Waals surface area contributed by atoms with E-state index in [0.29, 0.717) is 5.03 Å². The molecule has 0 aromatic heterocycles. The van der Waals surface area contributed by atoms with E-state index in [2.05, 4.69) is 6.58 Å². The normalized spacial score (nSPS) is 13.6. The minimum absolute atomic E-state index is 0.131. The van der Waals surface area contributed by atoms with Gasteiger partial charge in [-0.25, -0.2) is 0 Å². The molecular weight excluding hydrogens is 184 g/mol. The Labute approximate surface area is 85.4 Å². The minimum Gasteiger partial charge on any atom is -0.507 e. The molecule has 1 N–H and O–H groups in total. The predicted octanol–water partition coefficient (Wildman–Crippen LogP) is 4.17. The van der Waals surface area contributed by atoms with Gasteiger partial charge in [-0.05, 0) is 18.4 Å². The summed E-state index contributed by atoms with van der Waals surface area (Å²) in [5.41, 5.74) is 0.972. The molecule has 0 amide bonds. The van der Waals surface area contributed by atoms with Gasteiger partial charge in [-0.3, -0.25) is 0 Å². The topological polar surface area (TPSA) is 20.2 Å². The highest BCUT2D eigenvalue weighted by Crippen LogP contribution is 2.18. The third-order valence-corrected chi connectivity index (χ3v) is 2.31. The van der Waals surface area contributed by atoms with E-state index < -0.39 is 0 Å². The van der Waals surface area contributed by atoms with Crippen molar-refractivity contribution in [2.75, 3.05) is 0 Å². The van der Waals surface area contributed by atoms with E-state index >= 15 is 0 Å². The van der Waals surface area contributed by atoms with Gasteiger partial charge in [-0.2, -0.15) is 0 Å². The van der Waals surface area contributed by atoms with E-state index in [9.17, 15) is 5.11 Å². The van der Waals surface area contributed by atoms with E-state index in [0.717, 1.165) is 12.0 Å². The van der Waals surface area contributed by atoms with Crippen LogP contribution >= 0.6 is 11.6 Å². The first-order valence-corrected chi connectivity index (χ1v) is 4.81. The van der Waals surface area contributed by atoms with Crippen molar-refractivity contribution < 1.29 is 5.11 Å². The Morgan fingerprint density at radius 2 is 2.00 bits per heavy atom. The lowest BCUT2D eigenvalue weighted by Gasteiger charge is -2.03. The standard InChI is InChI=1S/C11H17ClO/c1-5-9(4)6-7-10(13)11(12)8(2)3/h6-8,13H,4-5H2,1-3H3/b7-6-,11-10-. The van der Waals surface area contributed by atoms with Crippen molar-refractivity contribution in [1.29, 1.82) is 0 Å². The summed E-state index contributed by atoms with van der Waals surface area (Å²) in [6.07, 6.45) is 4.25. The van der Waals surface area contributed by atoms with Crippen molar-refractivity contribution in [2.45, 2.75) is 27.2 Å². The lowest BCUT2D eigenvalue weighted by atomic mass is 10.1. The van der Waals surface area contributed by atoms with Crippen LogP contribution in [0.25, 0.3) is 0 Å². The Bertz CT molecular complexity index is 236. The first-order valence-electron chi connectivity index (χ1n) is 4.43. The smallest absolute Gasteiger partial charge is 0.130 e. The summed E-state index contributed by atoms with van der Waals surface area (Å²) < 4.78 is 0. The van der Waals surface area contributed by atoms with Gasteiger partial charge in [0, 0.05) is 0 Å². The molecule has 0 aromatic carbocycles. The van der Waals surface area contributed by atoms with Gasteiger partial charge in [0.2, 0.25) is 0 Å². The summed E-state index contributed by atoms with van der Waals surface area (Å²) in [6.45, 7) is 9.66. The average Bonchev–Trinajstić information content (AvgIpc) is 2.11. The van der Waals surface area contributed by atoms with Gasteiger partial charge in [0.05, 0.1) is 5.03 Å². The zero-order valence-electron chi connectivity index (χ0n) is 8.47. The maximum atomic E-state index is 9.45. The van der Waals surface area contributed by atoms with Crippen LogP contribution in [0.1, 0.15) is 27.2 Å². The predicted molar refractivity (Wildman–Crippen MR) is 58.9 cm³/mol. The fourth-order valence-electron chi connectivity index (χ4n) is 0.690. The Balaban J connectivity index is 4.45. The van der Waals surface area contributed by atoms with Gasteiger partial charge in [-0.1, -0.05) is 50.6 Å². The molecule has 0 radical (unpaired) electrons. The maximum absolute atomic E-state index is 9.45. The first-order chi connectivity index (χ1) is 5.99. The van der Waals surface area contributed by atoms with Crippen molar-refractivity contribution in [2.24, 2.45) is 5.92 Å². The molecule has 0 saturated heterocycles. The lowest BCUT2D eigenvalue weighted by Crippen LogP contribution is -1.90. The Morgan fingerprint density at radius 1 is 1.46 bits per heavy atom. The number of aliphatic hydroxyl groups is 1. The molecule has 0 aromatic rings. The summed E-state index contributed by atoms with van der Waals surface area (Å²) in [6, 6.07) is 0. The van der Waals surface area contributed by atoms with Crippen LogP contribution in [0.3, 0.4) is 0 Å². The fourth-order valence-corrected chi connectivity index (χ4v) is 0.753. The zero-order valence-corrected chi connectivity index (χ0v) is 9.23. The molecule has 0 atom stereocenters. The lowest BCUT2D eigenvalue weighted by molar-refractivity contribution is 0.423. The van der Waals surface area contributed by atoms with Gasteiger partial charge >= 0.3 is 0 Å². The molecule has 0 saturated carbocycles. The van der Waals surface area contributed by atoms with Crippen LogP contribution in [0.2, 0.25) is 0 Å². The van der Waals surface area contributed by atoms with E-state index in [-0.39, 0.29) is 11.7 Å². The molecule has 1 nitrogen and oxygen atoms in total. The molecule has 0 aliphatic heterocycles. The van der Waals surface area contributed by atoms with Crippen molar-refractivity contribution in [3.63, 3.8) is 0 Å². The van der Waals surface area contributed by atoms with E-state index in [1.807, 2.05) is 20.8 Å². The van der Waals surface area contributed by atoms with E-state index in [1.54, 1.807) is 12.2 Å². The Morgan fingerprint density at radius 3 is 2.38 bits per heavy atom. The molecule has 0 aliphatic carbocycles. The highest BCUT2D eigenvalue weighted by Gasteiger charge is 2.03. The molecule has 0 rings (SSSR count). The van der Waals surface area contributed by atoms with Crippen LogP contribution in [-0.2, 0) is 0 Å². The second-order valence-corrected chi connectivity index (χ2v) is 3.64. The minimum atomic E-state index is 0.131. The average molecular weight is 201 g/mol. The molecule has 74 valence electrons. The van der Waals surface area contributed by atoms with Gasteiger partial charge in [0.1, 0.15) is 5.76 Å². The number of aliphatic hydroxyl groups excluding tert-OH is 1. The largest absolute Gasteiger partial charge is 0.507 e. The fraction of sp³-hybridized carbons (Fsp3) is 0.455. The number of rotatable bonds is 4. The van der Waals surface area contributed by atoms with Crippen LogP contribution in [0, 0.1) is 5.92 Å². The second kappa shape index (κ2) is 5.87. The summed E-state index contributed by atoms with van der Waals surface area (Å²) in [4.78, 5) is 0. The first kappa shape index (κ1) is 12.3. The highest BCUT2D eigenvalue weighted by molar-refractivity contribution is 6.30. The molecule has 0 unspecified atom stereocenters. The molecule has 0 bridgehead atoms. The Kier molecular flexibility index (Phi) is 5.56. The van der Waals surface area contributed by atoms with Gasteiger partial charge in [-0.15, -0.1) is 0 Å². The van der Waals surface area contributed by atoms with Crippen LogP contribution in [0.5, 0.6) is 0 Å². The monoisotopic (exact) mass is 200 g/mol. The highest BCUT2D eigenvalue weighted by atomic mass is 35.5. The number of hydrogen-bond acceptors (Lipinski definition) is 1. The number of halogens is 1. The van der Waals surface area contributed by atoms with Gasteiger partial charge < -0.3 is 5.11 Å². The molecule has 0 heterocycles. The van der Waals surface area contributed by atoms with Crippen molar-refractivity contribution >= 4 is 11.6 Å². The molecule has 0 fully saturated rings. The molecule has 0 aliphatic rings. The Hall–Kier alpha value is -0.690. The molecule has 2 heteroatoms. The van der Waals surface area contributed by atoms with Crippen LogP contribution < -0.4 is 0 Å². The van der Waals surface area contributed by atoms with E-state index in [4.69, 9.17) is 11.6 Å². The molecule has 0 spiro atoms. The third kappa shape index (κ3) is 4.79.